The highest BCUT2D eigenvalue weighted by molar-refractivity contribution is 5.91. The van der Waals surface area contributed by atoms with Crippen LogP contribution in [-0.4, -0.2) is 15.3 Å². The van der Waals surface area contributed by atoms with Gasteiger partial charge >= 0.3 is 0 Å². The summed E-state index contributed by atoms with van der Waals surface area (Å²) in [6.45, 7) is 16.8. The third kappa shape index (κ3) is 15.1. The first kappa shape index (κ1) is 46.9. The minimum Gasteiger partial charge on any atom is -0.507 e. The fourth-order valence-electron chi connectivity index (χ4n) is 6.27. The highest BCUT2D eigenvalue weighted by Gasteiger charge is 2.14. The quantitative estimate of drug-likeness (QED) is 0.157. The van der Waals surface area contributed by atoms with E-state index in [4.69, 9.17) is 0 Å². The second kappa shape index (κ2) is 27.3. The van der Waals surface area contributed by atoms with Crippen LogP contribution in [0.2, 0.25) is 0 Å². The molecule has 6 aromatic rings. The summed E-state index contributed by atoms with van der Waals surface area (Å²) in [5.74, 6) is 2.32. The highest BCUT2D eigenvalue weighted by atomic mass is 16.3. The average molecular weight is 753 g/mol. The smallest absolute Gasteiger partial charge is 0.123 e. The number of fused-ring (bicyclic) bond motifs is 3. The summed E-state index contributed by atoms with van der Waals surface area (Å²) in [5.41, 5.74) is 2.65. The predicted molar refractivity (Wildman–Crippen MR) is 247 cm³/mol. The molecule has 0 amide bonds. The molecule has 0 saturated carbocycles. The van der Waals surface area contributed by atoms with Gasteiger partial charge in [-0.2, -0.15) is 0 Å². The van der Waals surface area contributed by atoms with Crippen molar-refractivity contribution in [3.8, 4) is 17.2 Å². The van der Waals surface area contributed by atoms with Gasteiger partial charge in [0.15, 0.2) is 0 Å². The maximum Gasteiger partial charge on any atom is 0.123 e. The zero-order chi connectivity index (χ0) is 41.1. The number of benzene rings is 6. The fraction of sp³-hybridized carbons (Fsp3) is 0.321. The van der Waals surface area contributed by atoms with Crippen LogP contribution in [0.4, 0.5) is 0 Å². The van der Waals surface area contributed by atoms with E-state index in [1.807, 2.05) is 98.8 Å². The lowest BCUT2D eigenvalue weighted by Crippen LogP contribution is -1.99. The largest absolute Gasteiger partial charge is 0.507 e. The molecule has 0 spiro atoms. The molecule has 3 N–H and O–H groups in total. The van der Waals surface area contributed by atoms with Crippen LogP contribution in [0.25, 0.3) is 32.3 Å². The van der Waals surface area contributed by atoms with Crippen LogP contribution >= 0.6 is 0 Å². The summed E-state index contributed by atoms with van der Waals surface area (Å²) in [7, 11) is 0. The maximum atomic E-state index is 9.84. The van der Waals surface area contributed by atoms with E-state index in [9.17, 15) is 15.3 Å². The van der Waals surface area contributed by atoms with Crippen molar-refractivity contribution in [1.29, 1.82) is 0 Å². The third-order valence-electron chi connectivity index (χ3n) is 8.65. The SMILES string of the molecule is CC.CCC.CCC.CCC.Oc1ccc(CC2C=CC=C2)c2ccccc12.Oc1ccc(CC2CC=CC2)c2ccccc12.Oc1cccc2ccccc12. The molecule has 8 rings (SSSR count). The molecule has 2 aliphatic rings. The Labute approximate surface area is 338 Å². The van der Waals surface area contributed by atoms with Crippen LogP contribution in [-0.2, 0) is 12.8 Å². The molecule has 0 heterocycles. The van der Waals surface area contributed by atoms with Crippen LogP contribution in [0, 0.1) is 11.8 Å². The van der Waals surface area contributed by atoms with Crippen molar-refractivity contribution in [2.75, 3.05) is 0 Å². The van der Waals surface area contributed by atoms with Crippen molar-refractivity contribution in [2.24, 2.45) is 11.8 Å². The Morgan fingerprint density at radius 2 is 0.804 bits per heavy atom. The monoisotopic (exact) mass is 753 g/mol. The zero-order valence-corrected chi connectivity index (χ0v) is 35.4. The first-order chi connectivity index (χ1) is 27.3. The second-order valence-electron chi connectivity index (χ2n) is 13.8. The molecule has 0 aliphatic heterocycles. The predicted octanol–water partition coefficient (Wildman–Crippen LogP) is 15.7. The Morgan fingerprint density at radius 3 is 1.27 bits per heavy atom. The van der Waals surface area contributed by atoms with Gasteiger partial charge in [0.2, 0.25) is 0 Å². The van der Waals surface area contributed by atoms with E-state index in [1.165, 1.54) is 48.6 Å². The van der Waals surface area contributed by atoms with Gasteiger partial charge in [-0.15, -0.1) is 0 Å². The van der Waals surface area contributed by atoms with Crippen LogP contribution in [0.3, 0.4) is 0 Å². The summed E-state index contributed by atoms with van der Waals surface area (Å²) in [6, 6.07) is 37.1. The van der Waals surface area contributed by atoms with Crippen LogP contribution in [0.15, 0.2) is 152 Å². The van der Waals surface area contributed by atoms with Gasteiger partial charge in [0.05, 0.1) is 0 Å². The van der Waals surface area contributed by atoms with E-state index in [2.05, 4.69) is 96.2 Å². The lowest BCUT2D eigenvalue weighted by Gasteiger charge is -2.12. The Hall–Kier alpha value is -5.28. The number of hydrogen-bond acceptors (Lipinski definition) is 3. The fourth-order valence-corrected chi connectivity index (χ4v) is 6.27. The van der Waals surface area contributed by atoms with E-state index in [0.29, 0.717) is 23.2 Å². The molecule has 0 fully saturated rings. The summed E-state index contributed by atoms with van der Waals surface area (Å²) in [6.07, 6.45) is 21.4. The zero-order valence-electron chi connectivity index (χ0n) is 35.4. The van der Waals surface area contributed by atoms with Gasteiger partial charge in [0, 0.05) is 16.2 Å². The first-order valence-corrected chi connectivity index (χ1v) is 20.9. The van der Waals surface area contributed by atoms with Crippen molar-refractivity contribution in [1.82, 2.24) is 0 Å². The van der Waals surface area contributed by atoms with E-state index < -0.39 is 0 Å². The second-order valence-corrected chi connectivity index (χ2v) is 13.8. The first-order valence-electron chi connectivity index (χ1n) is 20.9. The van der Waals surface area contributed by atoms with Crippen LogP contribution in [0.5, 0.6) is 17.2 Å². The lowest BCUT2D eigenvalue weighted by atomic mass is 9.93. The number of allylic oxidation sites excluding steroid dienone is 6. The lowest BCUT2D eigenvalue weighted by molar-refractivity contribution is 0.481. The molecule has 298 valence electrons. The number of aromatic hydroxyl groups is 3. The van der Waals surface area contributed by atoms with E-state index in [1.54, 1.807) is 12.1 Å². The summed E-state index contributed by atoms with van der Waals surface area (Å²) < 4.78 is 0. The number of phenols is 3. The van der Waals surface area contributed by atoms with Gasteiger partial charge in [-0.05, 0) is 83.0 Å². The molecule has 0 aromatic heterocycles. The summed E-state index contributed by atoms with van der Waals surface area (Å²) in [4.78, 5) is 0. The maximum absolute atomic E-state index is 9.84. The van der Waals surface area contributed by atoms with Crippen molar-refractivity contribution >= 4 is 32.3 Å². The molecular weight excluding hydrogens is 685 g/mol. The number of rotatable bonds is 4. The summed E-state index contributed by atoms with van der Waals surface area (Å²) >= 11 is 0. The molecule has 0 radical (unpaired) electrons. The Balaban J connectivity index is 0.000000261. The van der Waals surface area contributed by atoms with Gasteiger partial charge in [0.1, 0.15) is 17.2 Å². The van der Waals surface area contributed by atoms with Crippen molar-refractivity contribution in [3.63, 3.8) is 0 Å². The molecule has 3 nitrogen and oxygen atoms in total. The van der Waals surface area contributed by atoms with E-state index >= 15 is 0 Å². The van der Waals surface area contributed by atoms with Crippen molar-refractivity contribution in [2.45, 2.75) is 100 Å². The topological polar surface area (TPSA) is 60.7 Å². The Kier molecular flexibility index (Phi) is 22.9. The molecular formula is C53H68O3. The third-order valence-corrected chi connectivity index (χ3v) is 8.65. The number of hydrogen-bond donors (Lipinski definition) is 3. The van der Waals surface area contributed by atoms with Gasteiger partial charge in [0.25, 0.3) is 0 Å². The standard InChI is InChI=1S/C16H16O.C16H14O.C10H8O.3C3H8.C2H6/c2*17-16-10-9-13(11-12-5-1-2-6-12)14-7-3-4-8-15(14)16;11-10-7-3-5-8-4-1-2-6-9(8)10;3*1-3-2;1-2/h1-4,7-10,12,17H,5-6,11H2;1-10,12,17H,11H2;1-7,11H;3*3H2,1-2H3;1-2H3. The molecule has 3 heteroatoms. The normalized spacial score (nSPS) is 12.4. The van der Waals surface area contributed by atoms with Crippen molar-refractivity contribution < 1.29 is 15.3 Å². The Bertz CT molecular complexity index is 2040. The molecule has 2 aliphatic carbocycles. The van der Waals surface area contributed by atoms with E-state index in [-0.39, 0.29) is 0 Å². The molecule has 0 unspecified atom stereocenters. The van der Waals surface area contributed by atoms with Crippen LogP contribution in [0.1, 0.15) is 98.6 Å². The van der Waals surface area contributed by atoms with Gasteiger partial charge in [-0.3, -0.25) is 0 Å². The van der Waals surface area contributed by atoms with Crippen LogP contribution < -0.4 is 0 Å². The minimum absolute atomic E-state index is 0.350. The molecule has 0 saturated heterocycles. The molecule has 6 aromatic carbocycles. The summed E-state index contributed by atoms with van der Waals surface area (Å²) in [5, 5.41) is 35.3. The highest BCUT2D eigenvalue weighted by Crippen LogP contribution is 2.32. The molecule has 0 bridgehead atoms. The van der Waals surface area contributed by atoms with Gasteiger partial charge in [-0.25, -0.2) is 0 Å². The van der Waals surface area contributed by atoms with E-state index in [0.717, 1.165) is 45.7 Å². The van der Waals surface area contributed by atoms with Gasteiger partial charge in [-0.1, -0.05) is 208 Å². The Morgan fingerprint density at radius 1 is 0.429 bits per heavy atom. The average Bonchev–Trinajstić information content (AvgIpc) is 3.95. The number of phenolic OH excluding ortho intramolecular Hbond substituents is 3. The minimum atomic E-state index is 0.350. The van der Waals surface area contributed by atoms with Crippen molar-refractivity contribution in [3.05, 3.63) is 163 Å². The van der Waals surface area contributed by atoms with Gasteiger partial charge < -0.3 is 15.3 Å². The molecule has 0 atom stereocenters. The molecule has 56 heavy (non-hydrogen) atoms.